The Kier molecular flexibility index (Phi) is 0.943. The average Bonchev–Trinajstić information content (AvgIpc) is 2.50. The van der Waals surface area contributed by atoms with E-state index >= 15 is 0 Å². The lowest BCUT2D eigenvalue weighted by Gasteiger charge is -1.97. The molecule has 0 bridgehead atoms. The van der Waals surface area contributed by atoms with Crippen LogP contribution in [0.2, 0.25) is 0 Å². The maximum Gasteiger partial charge on any atom is 0.310 e. The molecule has 0 aliphatic heterocycles. The zero-order chi connectivity index (χ0) is 6.04. The van der Waals surface area contributed by atoms with E-state index in [0.717, 1.165) is 12.8 Å². The first-order valence-corrected chi connectivity index (χ1v) is 2.38. The molecule has 1 saturated carbocycles. The molecule has 1 aliphatic rings. The SMILES string of the molecule is N#CC1(N[C]=O)CC1. The molecule has 0 saturated heterocycles. The minimum absolute atomic E-state index is 0.526. The van der Waals surface area contributed by atoms with Gasteiger partial charge in [-0.1, -0.05) is 0 Å². The summed E-state index contributed by atoms with van der Waals surface area (Å²) in [5.74, 6) is 0. The molecular weight excluding hydrogens is 104 g/mol. The highest BCUT2D eigenvalue weighted by Crippen LogP contribution is 2.33. The Morgan fingerprint density at radius 2 is 2.25 bits per heavy atom. The minimum Gasteiger partial charge on any atom is -0.329 e. The molecule has 0 aromatic carbocycles. The first-order chi connectivity index (χ1) is 3.83. The summed E-state index contributed by atoms with van der Waals surface area (Å²) in [7, 11) is 0. The number of nitriles is 1. The maximum atomic E-state index is 9.63. The van der Waals surface area contributed by atoms with Crippen LogP contribution in [0.3, 0.4) is 0 Å². The Morgan fingerprint density at radius 3 is 2.38 bits per heavy atom. The molecule has 1 radical (unpaired) electrons. The van der Waals surface area contributed by atoms with Gasteiger partial charge in [0.2, 0.25) is 0 Å². The largest absolute Gasteiger partial charge is 0.329 e. The van der Waals surface area contributed by atoms with Crippen molar-refractivity contribution in [2.24, 2.45) is 0 Å². The molecule has 0 atom stereocenters. The number of carbonyl (C=O) groups excluding carboxylic acids is 1. The molecule has 1 rings (SSSR count). The van der Waals surface area contributed by atoms with Gasteiger partial charge in [0.25, 0.3) is 0 Å². The Hall–Kier alpha value is -1.04. The normalized spacial score (nSPS) is 20.9. The monoisotopic (exact) mass is 109 g/mol. The molecule has 0 spiro atoms. The number of hydrogen-bond acceptors (Lipinski definition) is 2. The van der Waals surface area contributed by atoms with Gasteiger partial charge in [0, 0.05) is 0 Å². The van der Waals surface area contributed by atoms with Crippen molar-refractivity contribution in [1.82, 2.24) is 5.32 Å². The zero-order valence-corrected chi connectivity index (χ0v) is 4.27. The van der Waals surface area contributed by atoms with Crippen molar-refractivity contribution >= 4 is 6.41 Å². The van der Waals surface area contributed by atoms with Crippen LogP contribution in [0, 0.1) is 11.3 Å². The molecule has 0 unspecified atom stereocenters. The van der Waals surface area contributed by atoms with Crippen LogP contribution < -0.4 is 5.32 Å². The fraction of sp³-hybridized carbons (Fsp3) is 0.600. The smallest absolute Gasteiger partial charge is 0.310 e. The molecule has 1 N–H and O–H groups in total. The van der Waals surface area contributed by atoms with Gasteiger partial charge >= 0.3 is 6.41 Å². The first kappa shape index (κ1) is 5.10. The maximum absolute atomic E-state index is 9.63. The average molecular weight is 109 g/mol. The van der Waals surface area contributed by atoms with Crippen LogP contribution in [-0.4, -0.2) is 11.9 Å². The van der Waals surface area contributed by atoms with E-state index in [1.54, 1.807) is 0 Å². The third-order valence-electron chi connectivity index (χ3n) is 1.25. The first-order valence-electron chi connectivity index (χ1n) is 2.38. The molecule has 0 aromatic rings. The van der Waals surface area contributed by atoms with E-state index in [9.17, 15) is 4.79 Å². The molecule has 1 amide bonds. The number of hydrogen-bond donors (Lipinski definition) is 1. The molecule has 1 fully saturated rings. The van der Waals surface area contributed by atoms with Crippen LogP contribution in [-0.2, 0) is 4.79 Å². The van der Waals surface area contributed by atoms with Crippen LogP contribution in [0.15, 0.2) is 0 Å². The van der Waals surface area contributed by atoms with Crippen molar-refractivity contribution in [3.05, 3.63) is 0 Å². The number of nitrogens with one attached hydrogen (secondary N) is 1. The molecule has 8 heavy (non-hydrogen) atoms. The summed E-state index contributed by atoms with van der Waals surface area (Å²) in [5.41, 5.74) is -0.526. The van der Waals surface area contributed by atoms with Gasteiger partial charge in [-0.25, -0.2) is 0 Å². The molecular formula is C5H5N2O. The van der Waals surface area contributed by atoms with Gasteiger partial charge in [-0.15, -0.1) is 0 Å². The molecule has 0 heterocycles. The second-order valence-electron chi connectivity index (χ2n) is 1.92. The van der Waals surface area contributed by atoms with E-state index in [0.29, 0.717) is 0 Å². The summed E-state index contributed by atoms with van der Waals surface area (Å²) < 4.78 is 0. The molecule has 3 nitrogen and oxygen atoms in total. The lowest BCUT2D eigenvalue weighted by atomic mass is 10.3. The molecule has 3 heteroatoms. The van der Waals surface area contributed by atoms with Crippen LogP contribution in [0.1, 0.15) is 12.8 Å². The molecule has 1 aliphatic carbocycles. The van der Waals surface area contributed by atoms with Crippen LogP contribution in [0.25, 0.3) is 0 Å². The van der Waals surface area contributed by atoms with Gasteiger partial charge in [0.05, 0.1) is 6.07 Å². The summed E-state index contributed by atoms with van der Waals surface area (Å²) in [5, 5.41) is 10.6. The van der Waals surface area contributed by atoms with Gasteiger partial charge in [-0.3, -0.25) is 4.79 Å². The Morgan fingerprint density at radius 1 is 1.62 bits per heavy atom. The van der Waals surface area contributed by atoms with Crippen molar-refractivity contribution < 1.29 is 4.79 Å². The number of nitrogens with zero attached hydrogens (tertiary/aromatic N) is 1. The van der Waals surface area contributed by atoms with Gasteiger partial charge in [-0.2, -0.15) is 5.26 Å². The third kappa shape index (κ3) is 0.648. The van der Waals surface area contributed by atoms with E-state index in [-0.39, 0.29) is 0 Å². The molecule has 41 valence electrons. The second kappa shape index (κ2) is 1.48. The van der Waals surface area contributed by atoms with E-state index in [1.807, 2.05) is 6.07 Å². The van der Waals surface area contributed by atoms with Crippen molar-refractivity contribution in [3.8, 4) is 6.07 Å². The van der Waals surface area contributed by atoms with Crippen molar-refractivity contribution in [3.63, 3.8) is 0 Å². The summed E-state index contributed by atoms with van der Waals surface area (Å²) >= 11 is 0. The fourth-order valence-corrected chi connectivity index (χ4v) is 0.487. The van der Waals surface area contributed by atoms with Crippen LogP contribution >= 0.6 is 0 Å². The standard InChI is InChI=1S/C5H5N2O/c6-3-5(1-2-5)7-4-8/h1-2H2,(H,7,8). The fourth-order valence-electron chi connectivity index (χ4n) is 0.487. The van der Waals surface area contributed by atoms with E-state index < -0.39 is 5.54 Å². The van der Waals surface area contributed by atoms with Gasteiger partial charge < -0.3 is 5.32 Å². The summed E-state index contributed by atoms with van der Waals surface area (Å²) in [6.07, 6.45) is 3.05. The third-order valence-corrected chi connectivity index (χ3v) is 1.25. The Labute approximate surface area is 47.3 Å². The lowest BCUT2D eigenvalue weighted by molar-refractivity contribution is 0.533. The van der Waals surface area contributed by atoms with Crippen molar-refractivity contribution in [2.45, 2.75) is 18.4 Å². The highest BCUT2D eigenvalue weighted by atomic mass is 16.1. The minimum atomic E-state index is -0.526. The predicted octanol–water partition coefficient (Wildman–Crippen LogP) is -0.301. The number of amides is 1. The van der Waals surface area contributed by atoms with Gasteiger partial charge in [0.1, 0.15) is 5.54 Å². The Balaban J connectivity index is 2.44. The quantitative estimate of drug-likeness (QED) is 0.495. The highest BCUT2D eigenvalue weighted by molar-refractivity contribution is 5.52. The summed E-state index contributed by atoms with van der Waals surface area (Å²) in [4.78, 5) is 9.63. The van der Waals surface area contributed by atoms with Crippen molar-refractivity contribution in [1.29, 1.82) is 5.26 Å². The highest BCUT2D eigenvalue weighted by Gasteiger charge is 2.42. The Bertz CT molecular complexity index is 143. The van der Waals surface area contributed by atoms with Crippen LogP contribution in [0.4, 0.5) is 0 Å². The van der Waals surface area contributed by atoms with Gasteiger partial charge in [-0.05, 0) is 12.8 Å². The summed E-state index contributed by atoms with van der Waals surface area (Å²) in [6, 6.07) is 1.98. The second-order valence-corrected chi connectivity index (χ2v) is 1.92. The van der Waals surface area contributed by atoms with Crippen molar-refractivity contribution in [2.75, 3.05) is 0 Å². The van der Waals surface area contributed by atoms with E-state index in [1.165, 1.54) is 6.41 Å². The summed E-state index contributed by atoms with van der Waals surface area (Å²) in [6.45, 7) is 0. The molecule has 0 aromatic heterocycles. The van der Waals surface area contributed by atoms with Gasteiger partial charge in [0.15, 0.2) is 0 Å². The topological polar surface area (TPSA) is 52.9 Å². The van der Waals surface area contributed by atoms with E-state index in [4.69, 9.17) is 5.26 Å². The zero-order valence-electron chi connectivity index (χ0n) is 4.27. The van der Waals surface area contributed by atoms with Crippen LogP contribution in [0.5, 0.6) is 0 Å². The lowest BCUT2D eigenvalue weighted by Crippen LogP contribution is -2.27. The van der Waals surface area contributed by atoms with E-state index in [2.05, 4.69) is 5.32 Å². The number of rotatable bonds is 2. The predicted molar refractivity (Wildman–Crippen MR) is 26.4 cm³/mol.